The molecule has 2 rings (SSSR count). The van der Waals surface area contributed by atoms with E-state index in [1.165, 1.54) is 23.5 Å². The molecule has 0 saturated carbocycles. The molecule has 2 aromatic rings. The van der Waals surface area contributed by atoms with Gasteiger partial charge in [0.15, 0.2) is 0 Å². The number of benzene rings is 1. The molecule has 1 unspecified atom stereocenters. The highest BCUT2D eigenvalue weighted by molar-refractivity contribution is 7.89. The topological polar surface area (TPSA) is 101 Å². The van der Waals surface area contributed by atoms with E-state index in [9.17, 15) is 13.2 Å². The van der Waals surface area contributed by atoms with Crippen LogP contribution in [0.1, 0.15) is 22.2 Å². The molecule has 4 N–H and O–H groups in total. The van der Waals surface area contributed by atoms with Crippen molar-refractivity contribution in [1.82, 2.24) is 10.0 Å². The molecule has 1 aromatic heterocycles. The molecule has 0 bridgehead atoms. The summed E-state index contributed by atoms with van der Waals surface area (Å²) in [6.07, 6.45) is 0. The van der Waals surface area contributed by atoms with Crippen molar-refractivity contribution in [3.63, 3.8) is 0 Å². The lowest BCUT2D eigenvalue weighted by Crippen LogP contribution is -2.31. The minimum Gasteiger partial charge on any atom is -0.352 e. The minimum absolute atomic E-state index is 0. The predicted molar refractivity (Wildman–Crippen MR) is 103 cm³/mol. The van der Waals surface area contributed by atoms with Gasteiger partial charge in [0.05, 0.1) is 4.90 Å². The van der Waals surface area contributed by atoms with Gasteiger partial charge in [0.1, 0.15) is 0 Å². The quantitative estimate of drug-likeness (QED) is 0.627. The molecule has 138 valence electrons. The number of carbonyl (C=O) groups is 1. The van der Waals surface area contributed by atoms with Crippen molar-refractivity contribution in [2.75, 3.05) is 13.1 Å². The van der Waals surface area contributed by atoms with Crippen LogP contribution in [-0.4, -0.2) is 27.4 Å². The van der Waals surface area contributed by atoms with Crippen LogP contribution in [0.5, 0.6) is 0 Å². The second-order valence-electron chi connectivity index (χ2n) is 5.48. The number of halogens is 1. The van der Waals surface area contributed by atoms with E-state index in [1.54, 1.807) is 12.1 Å². The fraction of sp³-hybridized carbons (Fsp3) is 0.312. The molecule has 1 amide bonds. The molecular weight excluding hydrogens is 382 g/mol. The van der Waals surface area contributed by atoms with E-state index in [0.717, 1.165) is 4.88 Å². The van der Waals surface area contributed by atoms with Gasteiger partial charge in [-0.1, -0.05) is 19.1 Å². The van der Waals surface area contributed by atoms with Gasteiger partial charge in [-0.05, 0) is 42.1 Å². The first kappa shape index (κ1) is 21.6. The molecular formula is C16H22ClN3O3S2. The SMILES string of the molecule is CC(CN)CNC(=O)c1cccc(S(=O)(=O)NCc2cccs2)c1.Cl. The molecule has 1 aromatic carbocycles. The molecule has 0 saturated heterocycles. The Kier molecular flexibility index (Phi) is 8.54. The van der Waals surface area contributed by atoms with E-state index in [4.69, 9.17) is 5.73 Å². The maximum atomic E-state index is 12.4. The van der Waals surface area contributed by atoms with E-state index in [-0.39, 0.29) is 35.7 Å². The summed E-state index contributed by atoms with van der Waals surface area (Å²) in [7, 11) is -3.67. The minimum atomic E-state index is -3.67. The van der Waals surface area contributed by atoms with Gasteiger partial charge in [-0.15, -0.1) is 23.7 Å². The van der Waals surface area contributed by atoms with Gasteiger partial charge >= 0.3 is 0 Å². The summed E-state index contributed by atoms with van der Waals surface area (Å²) >= 11 is 1.48. The first-order valence-electron chi connectivity index (χ1n) is 7.52. The highest BCUT2D eigenvalue weighted by Gasteiger charge is 2.16. The van der Waals surface area contributed by atoms with Crippen molar-refractivity contribution in [1.29, 1.82) is 0 Å². The number of rotatable bonds is 8. The number of hydrogen-bond acceptors (Lipinski definition) is 5. The highest BCUT2D eigenvalue weighted by atomic mass is 35.5. The summed E-state index contributed by atoms with van der Waals surface area (Å²) in [4.78, 5) is 13.1. The second-order valence-corrected chi connectivity index (χ2v) is 8.28. The van der Waals surface area contributed by atoms with E-state index >= 15 is 0 Å². The largest absolute Gasteiger partial charge is 0.352 e. The number of sulfonamides is 1. The van der Waals surface area contributed by atoms with Crippen LogP contribution in [0.3, 0.4) is 0 Å². The van der Waals surface area contributed by atoms with Crippen LogP contribution in [0, 0.1) is 5.92 Å². The van der Waals surface area contributed by atoms with Crippen LogP contribution >= 0.6 is 23.7 Å². The Morgan fingerprint density at radius 1 is 1.28 bits per heavy atom. The van der Waals surface area contributed by atoms with Crippen LogP contribution in [0.25, 0.3) is 0 Å². The molecule has 25 heavy (non-hydrogen) atoms. The van der Waals surface area contributed by atoms with Crippen molar-refractivity contribution in [3.8, 4) is 0 Å². The lowest BCUT2D eigenvalue weighted by Gasteiger charge is -2.11. The van der Waals surface area contributed by atoms with Gasteiger partial charge in [0.25, 0.3) is 5.91 Å². The van der Waals surface area contributed by atoms with Gasteiger partial charge in [0, 0.05) is 23.5 Å². The molecule has 0 radical (unpaired) electrons. The van der Waals surface area contributed by atoms with Crippen molar-refractivity contribution in [3.05, 3.63) is 52.2 Å². The third-order valence-corrected chi connectivity index (χ3v) is 5.71. The molecule has 0 aliphatic heterocycles. The summed E-state index contributed by atoms with van der Waals surface area (Å²) in [5, 5.41) is 4.64. The third kappa shape index (κ3) is 6.41. The Labute approximate surface area is 158 Å². The summed E-state index contributed by atoms with van der Waals surface area (Å²) in [6, 6.07) is 9.70. The molecule has 0 aliphatic rings. The van der Waals surface area contributed by atoms with Crippen LogP contribution < -0.4 is 15.8 Å². The van der Waals surface area contributed by atoms with Gasteiger partial charge in [-0.3, -0.25) is 4.79 Å². The molecule has 6 nitrogen and oxygen atoms in total. The Bertz CT molecular complexity index is 780. The highest BCUT2D eigenvalue weighted by Crippen LogP contribution is 2.14. The summed E-state index contributed by atoms with van der Waals surface area (Å²) in [5.41, 5.74) is 5.82. The van der Waals surface area contributed by atoms with Crippen LogP contribution in [0.4, 0.5) is 0 Å². The van der Waals surface area contributed by atoms with E-state index in [2.05, 4.69) is 10.0 Å². The lowest BCUT2D eigenvalue weighted by molar-refractivity contribution is 0.0948. The van der Waals surface area contributed by atoms with Crippen molar-refractivity contribution < 1.29 is 13.2 Å². The summed E-state index contributed by atoms with van der Waals surface area (Å²) < 4.78 is 27.3. The molecule has 0 aliphatic carbocycles. The first-order chi connectivity index (χ1) is 11.4. The molecule has 0 fully saturated rings. The zero-order valence-corrected chi connectivity index (χ0v) is 16.2. The number of amides is 1. The lowest BCUT2D eigenvalue weighted by atomic mass is 10.1. The average Bonchev–Trinajstić information content (AvgIpc) is 3.11. The van der Waals surface area contributed by atoms with Gasteiger partial charge in [0.2, 0.25) is 10.0 Å². The second kappa shape index (κ2) is 9.88. The number of nitrogens with one attached hydrogen (secondary N) is 2. The van der Waals surface area contributed by atoms with Gasteiger partial charge in [-0.25, -0.2) is 13.1 Å². The molecule has 1 atom stereocenters. The fourth-order valence-electron chi connectivity index (χ4n) is 1.92. The summed E-state index contributed by atoms with van der Waals surface area (Å²) in [5.74, 6) is -0.154. The normalized spacial score (nSPS) is 12.2. The van der Waals surface area contributed by atoms with Crippen LogP contribution in [0.2, 0.25) is 0 Å². The van der Waals surface area contributed by atoms with Gasteiger partial charge in [-0.2, -0.15) is 0 Å². The third-order valence-electron chi connectivity index (χ3n) is 3.44. The van der Waals surface area contributed by atoms with E-state index in [0.29, 0.717) is 18.7 Å². The Morgan fingerprint density at radius 2 is 2.04 bits per heavy atom. The Morgan fingerprint density at radius 3 is 2.68 bits per heavy atom. The molecule has 9 heteroatoms. The fourth-order valence-corrected chi connectivity index (χ4v) is 3.71. The standard InChI is InChI=1S/C16H21N3O3S2.ClH/c1-12(9-17)10-18-16(20)13-4-2-6-15(8-13)24(21,22)19-11-14-5-3-7-23-14;/h2-8,12,19H,9-11,17H2,1H3,(H,18,20);1H. The van der Waals surface area contributed by atoms with Crippen LogP contribution in [0.15, 0.2) is 46.7 Å². The zero-order chi connectivity index (χ0) is 17.6. The monoisotopic (exact) mass is 403 g/mol. The molecule has 1 heterocycles. The van der Waals surface area contributed by atoms with Gasteiger partial charge < -0.3 is 11.1 Å². The smallest absolute Gasteiger partial charge is 0.251 e. The number of thiophene rings is 1. The maximum Gasteiger partial charge on any atom is 0.251 e. The summed E-state index contributed by atoms with van der Waals surface area (Å²) in [6.45, 7) is 3.07. The van der Waals surface area contributed by atoms with Crippen LogP contribution in [-0.2, 0) is 16.6 Å². The Hall–Kier alpha value is -1.45. The van der Waals surface area contributed by atoms with Crippen molar-refractivity contribution in [2.24, 2.45) is 11.7 Å². The zero-order valence-electron chi connectivity index (χ0n) is 13.8. The van der Waals surface area contributed by atoms with Crippen molar-refractivity contribution in [2.45, 2.75) is 18.4 Å². The van der Waals surface area contributed by atoms with E-state index < -0.39 is 10.0 Å². The average molecular weight is 404 g/mol. The Balaban J connectivity index is 0.00000312. The van der Waals surface area contributed by atoms with E-state index in [1.807, 2.05) is 24.4 Å². The molecule has 0 spiro atoms. The first-order valence-corrected chi connectivity index (χ1v) is 9.89. The number of carbonyl (C=O) groups excluding carboxylic acids is 1. The number of nitrogens with two attached hydrogens (primary N) is 1. The maximum absolute atomic E-state index is 12.4. The van der Waals surface area contributed by atoms with Crippen molar-refractivity contribution >= 4 is 39.7 Å². The predicted octanol–water partition coefficient (Wildman–Crippen LogP) is 1.97. The number of hydrogen-bond donors (Lipinski definition) is 3.